The number of carbonyl (C=O) groups excluding carboxylic acids is 1. The highest BCUT2D eigenvalue weighted by molar-refractivity contribution is 5.79. The number of fused-ring (bicyclic) bond motifs is 2. The topological polar surface area (TPSA) is 67.2 Å². The van der Waals surface area contributed by atoms with E-state index in [9.17, 15) is 9.59 Å². The van der Waals surface area contributed by atoms with E-state index in [0.29, 0.717) is 24.9 Å². The third-order valence-electron chi connectivity index (χ3n) is 5.69. The van der Waals surface area contributed by atoms with Gasteiger partial charge in [0, 0.05) is 37.5 Å². The third-order valence-corrected chi connectivity index (χ3v) is 5.69. The van der Waals surface area contributed by atoms with Crippen molar-refractivity contribution in [3.8, 4) is 0 Å². The van der Waals surface area contributed by atoms with E-state index in [1.54, 1.807) is 10.7 Å². The van der Waals surface area contributed by atoms with Crippen molar-refractivity contribution in [1.29, 1.82) is 0 Å². The maximum atomic E-state index is 12.4. The van der Waals surface area contributed by atoms with Crippen LogP contribution in [0, 0.1) is 0 Å². The van der Waals surface area contributed by atoms with Crippen LogP contribution in [0.3, 0.4) is 0 Å². The fraction of sp³-hybridized carbons (Fsp3) is 0.348. The van der Waals surface area contributed by atoms with Crippen molar-refractivity contribution in [2.45, 2.75) is 38.9 Å². The molecule has 2 aromatic carbocycles. The van der Waals surface area contributed by atoms with Gasteiger partial charge in [-0.3, -0.25) is 19.2 Å². The summed E-state index contributed by atoms with van der Waals surface area (Å²) < 4.78 is 1.72. The van der Waals surface area contributed by atoms with Gasteiger partial charge >= 0.3 is 0 Å². The molecule has 6 heteroatoms. The van der Waals surface area contributed by atoms with E-state index in [2.05, 4.69) is 46.5 Å². The van der Waals surface area contributed by atoms with Crippen molar-refractivity contribution in [1.82, 2.24) is 20.0 Å². The molecule has 150 valence electrons. The molecule has 1 amide bonds. The fourth-order valence-corrected chi connectivity index (χ4v) is 3.92. The third kappa shape index (κ3) is 4.38. The Morgan fingerprint density at radius 2 is 1.90 bits per heavy atom. The van der Waals surface area contributed by atoms with Crippen LogP contribution < -0.4 is 10.7 Å². The molecule has 3 aromatic rings. The van der Waals surface area contributed by atoms with E-state index in [4.69, 9.17) is 0 Å². The lowest BCUT2D eigenvalue weighted by molar-refractivity contribution is -0.121. The monoisotopic (exact) mass is 390 g/mol. The molecule has 0 spiro atoms. The number of hydrogen-bond donors (Lipinski definition) is 1. The van der Waals surface area contributed by atoms with Crippen LogP contribution in [0.15, 0.2) is 59.5 Å². The minimum atomic E-state index is -0.0989. The molecule has 1 atom stereocenters. The minimum Gasteiger partial charge on any atom is -0.354 e. The van der Waals surface area contributed by atoms with Crippen molar-refractivity contribution in [2.24, 2.45) is 0 Å². The SMILES string of the molecule is CC(CNC(=O)CCn1ncc(=O)c2ccccc21)N1CCc2ccccc2C1. The standard InChI is InChI=1S/C23H26N4O2/c1-17(26-12-10-18-6-2-3-7-19(18)16-26)14-24-23(29)11-13-27-21-9-5-4-8-20(21)22(28)15-25-27/h2-9,15,17H,10-14,16H2,1H3,(H,24,29). The molecule has 2 heterocycles. The first-order valence-corrected chi connectivity index (χ1v) is 10.1. The van der Waals surface area contributed by atoms with Gasteiger partial charge in [0.25, 0.3) is 0 Å². The Hall–Kier alpha value is -2.99. The van der Waals surface area contributed by atoms with Gasteiger partial charge in [0.15, 0.2) is 0 Å². The predicted octanol–water partition coefficient (Wildman–Crippen LogP) is 2.35. The Morgan fingerprint density at radius 3 is 2.76 bits per heavy atom. The van der Waals surface area contributed by atoms with Crippen LogP contribution in [0.25, 0.3) is 10.9 Å². The lowest BCUT2D eigenvalue weighted by Gasteiger charge is -2.33. The highest BCUT2D eigenvalue weighted by Gasteiger charge is 2.20. The molecule has 1 aliphatic rings. The molecule has 0 saturated heterocycles. The molecule has 1 unspecified atom stereocenters. The predicted molar refractivity (Wildman–Crippen MR) is 114 cm³/mol. The Morgan fingerprint density at radius 1 is 1.14 bits per heavy atom. The first-order valence-electron chi connectivity index (χ1n) is 10.1. The molecular formula is C23H26N4O2. The van der Waals surface area contributed by atoms with Gasteiger partial charge in [-0.2, -0.15) is 5.10 Å². The van der Waals surface area contributed by atoms with Crippen molar-refractivity contribution in [2.75, 3.05) is 13.1 Å². The quantitative estimate of drug-likeness (QED) is 0.702. The van der Waals surface area contributed by atoms with Gasteiger partial charge < -0.3 is 5.32 Å². The highest BCUT2D eigenvalue weighted by Crippen LogP contribution is 2.20. The van der Waals surface area contributed by atoms with E-state index in [-0.39, 0.29) is 17.4 Å². The van der Waals surface area contributed by atoms with Gasteiger partial charge in [0.2, 0.25) is 11.3 Å². The number of hydrogen-bond acceptors (Lipinski definition) is 4. The van der Waals surface area contributed by atoms with E-state index < -0.39 is 0 Å². The summed E-state index contributed by atoms with van der Waals surface area (Å²) in [5, 5.41) is 7.86. The number of nitrogens with one attached hydrogen (secondary N) is 1. The van der Waals surface area contributed by atoms with Gasteiger partial charge in [-0.15, -0.1) is 0 Å². The summed E-state index contributed by atoms with van der Waals surface area (Å²) in [5.41, 5.74) is 3.47. The van der Waals surface area contributed by atoms with Crippen LogP contribution in [0.4, 0.5) is 0 Å². The van der Waals surface area contributed by atoms with Crippen molar-refractivity contribution in [3.63, 3.8) is 0 Å². The molecular weight excluding hydrogens is 364 g/mol. The lowest BCUT2D eigenvalue weighted by Crippen LogP contribution is -2.44. The summed E-state index contributed by atoms with van der Waals surface area (Å²) in [5.74, 6) is -0.00107. The number of amides is 1. The van der Waals surface area contributed by atoms with Crippen molar-refractivity contribution >= 4 is 16.8 Å². The second-order valence-corrected chi connectivity index (χ2v) is 7.64. The largest absolute Gasteiger partial charge is 0.354 e. The zero-order chi connectivity index (χ0) is 20.2. The second kappa shape index (κ2) is 8.57. The van der Waals surface area contributed by atoms with Crippen LogP contribution in [-0.4, -0.2) is 39.7 Å². The maximum absolute atomic E-state index is 12.4. The van der Waals surface area contributed by atoms with Crippen LogP contribution in [0.1, 0.15) is 24.5 Å². The van der Waals surface area contributed by atoms with E-state index in [1.165, 1.54) is 17.3 Å². The number of carbonyl (C=O) groups is 1. The van der Waals surface area contributed by atoms with Crippen molar-refractivity contribution in [3.05, 3.63) is 76.1 Å². The first-order chi connectivity index (χ1) is 14.1. The average Bonchev–Trinajstić information content (AvgIpc) is 2.77. The van der Waals surface area contributed by atoms with E-state index in [1.807, 2.05) is 18.2 Å². The molecule has 4 rings (SSSR count). The summed E-state index contributed by atoms with van der Waals surface area (Å²) in [7, 11) is 0. The number of aryl methyl sites for hydroxylation is 1. The summed E-state index contributed by atoms with van der Waals surface area (Å²) in [6.07, 6.45) is 2.70. The number of aromatic nitrogens is 2. The Labute approximate surface area is 170 Å². The maximum Gasteiger partial charge on any atom is 0.221 e. The molecule has 0 aliphatic carbocycles. The van der Waals surface area contributed by atoms with Crippen LogP contribution in [-0.2, 0) is 24.3 Å². The molecule has 1 aromatic heterocycles. The van der Waals surface area contributed by atoms with Gasteiger partial charge in [-0.25, -0.2) is 0 Å². The number of benzene rings is 2. The fourth-order valence-electron chi connectivity index (χ4n) is 3.92. The van der Waals surface area contributed by atoms with Crippen molar-refractivity contribution < 1.29 is 4.79 Å². The first kappa shape index (κ1) is 19.3. The number of para-hydroxylation sites is 1. The van der Waals surface area contributed by atoms with Gasteiger partial charge in [0.05, 0.1) is 18.3 Å². The van der Waals surface area contributed by atoms with Crippen LogP contribution >= 0.6 is 0 Å². The molecule has 29 heavy (non-hydrogen) atoms. The Bertz CT molecular complexity index is 1080. The molecule has 1 aliphatic heterocycles. The van der Waals surface area contributed by atoms with Crippen LogP contribution in [0.2, 0.25) is 0 Å². The zero-order valence-corrected chi connectivity index (χ0v) is 16.7. The zero-order valence-electron chi connectivity index (χ0n) is 16.7. The minimum absolute atomic E-state index is 0.00107. The summed E-state index contributed by atoms with van der Waals surface area (Å²) in [4.78, 5) is 26.7. The van der Waals surface area contributed by atoms with Gasteiger partial charge in [0.1, 0.15) is 0 Å². The molecule has 1 N–H and O–H groups in total. The molecule has 6 nitrogen and oxygen atoms in total. The number of nitrogens with zero attached hydrogens (tertiary/aromatic N) is 3. The highest BCUT2D eigenvalue weighted by atomic mass is 16.1. The average molecular weight is 390 g/mol. The molecule has 0 saturated carbocycles. The Kier molecular flexibility index (Phi) is 5.71. The summed E-state index contributed by atoms with van der Waals surface area (Å²) >= 11 is 0. The van der Waals surface area contributed by atoms with Gasteiger partial charge in [-0.05, 0) is 36.6 Å². The Balaban J connectivity index is 1.30. The van der Waals surface area contributed by atoms with E-state index >= 15 is 0 Å². The van der Waals surface area contributed by atoms with Crippen LogP contribution in [0.5, 0.6) is 0 Å². The lowest BCUT2D eigenvalue weighted by atomic mass is 9.99. The molecule has 0 radical (unpaired) electrons. The smallest absolute Gasteiger partial charge is 0.221 e. The molecule has 0 fully saturated rings. The van der Waals surface area contributed by atoms with E-state index in [0.717, 1.165) is 25.0 Å². The number of rotatable bonds is 6. The van der Waals surface area contributed by atoms with Gasteiger partial charge in [-0.1, -0.05) is 36.4 Å². The second-order valence-electron chi connectivity index (χ2n) is 7.64. The summed E-state index contributed by atoms with van der Waals surface area (Å²) in [6, 6.07) is 16.2. The molecule has 0 bridgehead atoms. The normalized spacial score (nSPS) is 15.1. The summed E-state index contributed by atoms with van der Waals surface area (Å²) in [6.45, 7) is 5.17.